The van der Waals surface area contributed by atoms with E-state index in [0.717, 1.165) is 19.4 Å². The molecule has 108 valence electrons. The molecule has 0 atom stereocenters. The Bertz CT molecular complexity index is 357. The van der Waals surface area contributed by atoms with Crippen molar-refractivity contribution in [2.45, 2.75) is 78.2 Å². The van der Waals surface area contributed by atoms with E-state index >= 15 is 0 Å². The van der Waals surface area contributed by atoms with E-state index in [2.05, 4.69) is 18.2 Å². The first-order chi connectivity index (χ1) is 9.18. The molecule has 1 aromatic rings. The molecule has 0 fully saturated rings. The standard InChI is InChI=1S/C16H28N2O/c1-15-13-17-18(14-15)12-10-8-6-4-3-5-7-9-11-16(2)19/h13-14H,3-12H2,1-2H3. The van der Waals surface area contributed by atoms with Crippen molar-refractivity contribution < 1.29 is 4.79 Å². The number of hydrogen-bond acceptors (Lipinski definition) is 2. The summed E-state index contributed by atoms with van der Waals surface area (Å²) in [5.41, 5.74) is 1.24. The van der Waals surface area contributed by atoms with E-state index in [9.17, 15) is 4.79 Å². The lowest BCUT2D eigenvalue weighted by Crippen LogP contribution is -1.97. The highest BCUT2D eigenvalue weighted by atomic mass is 16.1. The summed E-state index contributed by atoms with van der Waals surface area (Å²) in [6.45, 7) is 4.81. The predicted octanol–water partition coefficient (Wildman–Crippen LogP) is 4.29. The molecule has 0 bridgehead atoms. The number of aromatic nitrogens is 2. The first kappa shape index (κ1) is 15.9. The fraction of sp³-hybridized carbons (Fsp3) is 0.750. The number of unbranched alkanes of at least 4 members (excludes halogenated alkanes) is 7. The fourth-order valence-corrected chi connectivity index (χ4v) is 2.30. The Morgan fingerprint density at radius 1 is 1.05 bits per heavy atom. The lowest BCUT2D eigenvalue weighted by molar-refractivity contribution is -0.117. The molecule has 0 spiro atoms. The highest BCUT2D eigenvalue weighted by Gasteiger charge is 1.96. The molecule has 1 heterocycles. The van der Waals surface area contributed by atoms with Crippen molar-refractivity contribution in [3.8, 4) is 0 Å². The lowest BCUT2D eigenvalue weighted by Gasteiger charge is -2.03. The Labute approximate surface area is 117 Å². The summed E-state index contributed by atoms with van der Waals surface area (Å²) in [5, 5.41) is 4.29. The van der Waals surface area contributed by atoms with Gasteiger partial charge in [0, 0.05) is 19.2 Å². The number of ketones is 1. The molecule has 0 N–H and O–H groups in total. The first-order valence-electron chi connectivity index (χ1n) is 7.67. The molecule has 0 aliphatic heterocycles. The van der Waals surface area contributed by atoms with Crippen molar-refractivity contribution >= 4 is 5.78 Å². The second kappa shape index (κ2) is 9.76. The third-order valence-electron chi connectivity index (χ3n) is 3.43. The SMILES string of the molecule is CC(=O)CCCCCCCCCCn1cc(C)cn1. The van der Waals surface area contributed by atoms with E-state index in [1.54, 1.807) is 6.92 Å². The van der Waals surface area contributed by atoms with Crippen LogP contribution in [0.2, 0.25) is 0 Å². The van der Waals surface area contributed by atoms with Crippen molar-refractivity contribution in [1.82, 2.24) is 9.78 Å². The van der Waals surface area contributed by atoms with E-state index < -0.39 is 0 Å². The average molecular weight is 264 g/mol. The molecular formula is C16H28N2O. The van der Waals surface area contributed by atoms with Crippen molar-refractivity contribution in [1.29, 1.82) is 0 Å². The maximum absolute atomic E-state index is 10.8. The zero-order chi connectivity index (χ0) is 13.9. The third-order valence-corrected chi connectivity index (χ3v) is 3.43. The van der Waals surface area contributed by atoms with Gasteiger partial charge in [-0.2, -0.15) is 5.10 Å². The zero-order valence-corrected chi connectivity index (χ0v) is 12.5. The van der Waals surface area contributed by atoms with Gasteiger partial charge >= 0.3 is 0 Å². The van der Waals surface area contributed by atoms with Crippen LogP contribution in [0.3, 0.4) is 0 Å². The molecular weight excluding hydrogens is 236 g/mol. The van der Waals surface area contributed by atoms with Crippen LogP contribution in [0.25, 0.3) is 0 Å². The van der Waals surface area contributed by atoms with Crippen LogP contribution in [0.1, 0.15) is 70.3 Å². The van der Waals surface area contributed by atoms with Crippen LogP contribution in [0.4, 0.5) is 0 Å². The summed E-state index contributed by atoms with van der Waals surface area (Å²) >= 11 is 0. The highest BCUT2D eigenvalue weighted by molar-refractivity contribution is 5.75. The van der Waals surface area contributed by atoms with Gasteiger partial charge in [0.15, 0.2) is 0 Å². The Morgan fingerprint density at radius 3 is 2.16 bits per heavy atom. The van der Waals surface area contributed by atoms with Crippen LogP contribution in [0.15, 0.2) is 12.4 Å². The molecule has 3 nitrogen and oxygen atoms in total. The van der Waals surface area contributed by atoms with Crippen molar-refractivity contribution in [2.24, 2.45) is 0 Å². The number of aryl methyl sites for hydroxylation is 2. The monoisotopic (exact) mass is 264 g/mol. The minimum Gasteiger partial charge on any atom is -0.300 e. The summed E-state index contributed by atoms with van der Waals surface area (Å²) in [6.07, 6.45) is 14.9. The van der Waals surface area contributed by atoms with Gasteiger partial charge < -0.3 is 4.79 Å². The normalized spacial score (nSPS) is 10.8. The van der Waals surface area contributed by atoms with Crippen LogP contribution in [-0.2, 0) is 11.3 Å². The number of hydrogen-bond donors (Lipinski definition) is 0. The van der Waals surface area contributed by atoms with Gasteiger partial charge in [0.1, 0.15) is 5.78 Å². The van der Waals surface area contributed by atoms with Gasteiger partial charge in [0.25, 0.3) is 0 Å². The highest BCUT2D eigenvalue weighted by Crippen LogP contribution is 2.10. The Kier molecular flexibility index (Phi) is 8.19. The summed E-state index contributed by atoms with van der Waals surface area (Å²) < 4.78 is 2.04. The van der Waals surface area contributed by atoms with Crippen LogP contribution in [0, 0.1) is 6.92 Å². The van der Waals surface area contributed by atoms with Gasteiger partial charge in [-0.15, -0.1) is 0 Å². The second-order valence-electron chi connectivity index (χ2n) is 5.56. The molecule has 0 aromatic carbocycles. The number of carbonyl (C=O) groups excluding carboxylic acids is 1. The molecule has 3 heteroatoms. The first-order valence-corrected chi connectivity index (χ1v) is 7.67. The summed E-state index contributed by atoms with van der Waals surface area (Å²) in [7, 11) is 0. The maximum atomic E-state index is 10.8. The molecule has 0 amide bonds. The fourth-order valence-electron chi connectivity index (χ4n) is 2.30. The van der Waals surface area contributed by atoms with Crippen LogP contribution >= 0.6 is 0 Å². The molecule has 19 heavy (non-hydrogen) atoms. The van der Waals surface area contributed by atoms with Gasteiger partial charge in [0.2, 0.25) is 0 Å². The van der Waals surface area contributed by atoms with Crippen LogP contribution in [-0.4, -0.2) is 15.6 Å². The molecule has 0 aliphatic carbocycles. The lowest BCUT2D eigenvalue weighted by atomic mass is 10.1. The summed E-state index contributed by atoms with van der Waals surface area (Å²) in [6, 6.07) is 0. The molecule has 0 saturated carbocycles. The van der Waals surface area contributed by atoms with Crippen molar-refractivity contribution in [2.75, 3.05) is 0 Å². The quantitative estimate of drug-likeness (QED) is 0.559. The Hall–Kier alpha value is -1.12. The smallest absolute Gasteiger partial charge is 0.129 e. The Morgan fingerprint density at radius 2 is 1.63 bits per heavy atom. The third kappa shape index (κ3) is 8.57. The molecule has 1 aromatic heterocycles. The van der Waals surface area contributed by atoms with E-state index in [4.69, 9.17) is 0 Å². The van der Waals surface area contributed by atoms with Gasteiger partial charge in [0.05, 0.1) is 6.20 Å². The number of nitrogens with zero attached hydrogens (tertiary/aromatic N) is 2. The average Bonchev–Trinajstić information content (AvgIpc) is 2.77. The van der Waals surface area contributed by atoms with E-state index in [-0.39, 0.29) is 0 Å². The van der Waals surface area contributed by atoms with E-state index in [0.29, 0.717) is 5.78 Å². The molecule has 0 saturated heterocycles. The van der Waals surface area contributed by atoms with Crippen LogP contribution in [0.5, 0.6) is 0 Å². The Balaban J connectivity index is 1.82. The van der Waals surface area contributed by atoms with Crippen LogP contribution < -0.4 is 0 Å². The molecule has 0 aliphatic rings. The zero-order valence-electron chi connectivity index (χ0n) is 12.5. The molecule has 0 radical (unpaired) electrons. The van der Waals surface area contributed by atoms with Gasteiger partial charge in [-0.05, 0) is 32.3 Å². The minimum atomic E-state index is 0.328. The van der Waals surface area contributed by atoms with Crippen molar-refractivity contribution in [3.63, 3.8) is 0 Å². The molecule has 1 rings (SSSR count). The van der Waals surface area contributed by atoms with Crippen molar-refractivity contribution in [3.05, 3.63) is 18.0 Å². The van der Waals surface area contributed by atoms with E-state index in [1.165, 1.54) is 50.5 Å². The second-order valence-corrected chi connectivity index (χ2v) is 5.56. The summed E-state index contributed by atoms with van der Waals surface area (Å²) in [5.74, 6) is 0.328. The number of rotatable bonds is 11. The number of carbonyl (C=O) groups is 1. The van der Waals surface area contributed by atoms with Gasteiger partial charge in [-0.25, -0.2) is 0 Å². The van der Waals surface area contributed by atoms with Gasteiger partial charge in [-0.1, -0.05) is 38.5 Å². The largest absolute Gasteiger partial charge is 0.300 e. The maximum Gasteiger partial charge on any atom is 0.129 e. The minimum absolute atomic E-state index is 0.328. The summed E-state index contributed by atoms with van der Waals surface area (Å²) in [4.78, 5) is 10.8. The molecule has 0 unspecified atom stereocenters. The predicted molar refractivity (Wildman–Crippen MR) is 79.2 cm³/mol. The van der Waals surface area contributed by atoms with Gasteiger partial charge in [-0.3, -0.25) is 4.68 Å². The van der Waals surface area contributed by atoms with E-state index in [1.807, 2.05) is 10.9 Å². The topological polar surface area (TPSA) is 34.9 Å². The number of Topliss-reactive ketones (excluding diaryl/α,β-unsaturated/α-hetero) is 1.